The highest BCUT2D eigenvalue weighted by Gasteiger charge is 2.38. The summed E-state index contributed by atoms with van der Waals surface area (Å²) in [5.41, 5.74) is 0.548. The summed E-state index contributed by atoms with van der Waals surface area (Å²) in [7, 11) is 0. The van der Waals surface area contributed by atoms with Crippen LogP contribution in [0.25, 0.3) is 0 Å². The quantitative estimate of drug-likeness (QED) is 0.416. The van der Waals surface area contributed by atoms with Crippen LogP contribution in [0.2, 0.25) is 0 Å². The molecule has 0 spiro atoms. The van der Waals surface area contributed by atoms with Gasteiger partial charge in [0.25, 0.3) is 0 Å². The van der Waals surface area contributed by atoms with E-state index in [4.69, 9.17) is 0 Å². The van der Waals surface area contributed by atoms with Crippen LogP contribution in [0.3, 0.4) is 0 Å². The van der Waals surface area contributed by atoms with E-state index in [1.807, 2.05) is 6.08 Å². The lowest BCUT2D eigenvalue weighted by Crippen LogP contribution is -2.41. The summed E-state index contributed by atoms with van der Waals surface area (Å²) in [5, 5.41) is 3.84. The Labute approximate surface area is 121 Å². The molecule has 0 heterocycles. The maximum absolute atomic E-state index is 3.84. The van der Waals surface area contributed by atoms with Crippen LogP contribution in [0.15, 0.2) is 12.7 Å². The monoisotopic (exact) mass is 265 g/mol. The molecule has 19 heavy (non-hydrogen) atoms. The molecule has 0 aromatic carbocycles. The van der Waals surface area contributed by atoms with Crippen LogP contribution in [-0.4, -0.2) is 12.6 Å². The van der Waals surface area contributed by atoms with Gasteiger partial charge in [0.05, 0.1) is 0 Å². The van der Waals surface area contributed by atoms with Crippen molar-refractivity contribution in [2.45, 2.75) is 84.6 Å². The standard InChI is InChI=1S/C18H35N/c1-5-7-8-9-10-13-17(19-15-6-2)16-12-11-14-18(16,3)4/h5,16-17,19H,1,6-15H2,2-4H3. The Morgan fingerprint density at radius 1 is 1.32 bits per heavy atom. The zero-order chi connectivity index (χ0) is 14.1. The largest absolute Gasteiger partial charge is 0.314 e. The highest BCUT2D eigenvalue weighted by atomic mass is 14.9. The molecule has 1 N–H and O–H groups in total. The SMILES string of the molecule is C=CCCCCCC(NCCC)C1CCCC1(C)C. The Balaban J connectivity index is 2.40. The maximum Gasteiger partial charge on any atom is 0.0100 e. The van der Waals surface area contributed by atoms with E-state index in [0.717, 1.165) is 12.0 Å². The molecular weight excluding hydrogens is 230 g/mol. The normalized spacial score (nSPS) is 23.4. The molecule has 0 radical (unpaired) electrons. The van der Waals surface area contributed by atoms with Gasteiger partial charge in [-0.05, 0) is 56.4 Å². The van der Waals surface area contributed by atoms with Crippen LogP contribution in [-0.2, 0) is 0 Å². The number of allylic oxidation sites excluding steroid dienone is 1. The van der Waals surface area contributed by atoms with E-state index in [2.05, 4.69) is 32.7 Å². The van der Waals surface area contributed by atoms with Crippen LogP contribution < -0.4 is 5.32 Å². The number of rotatable bonds is 10. The van der Waals surface area contributed by atoms with Gasteiger partial charge in [0.2, 0.25) is 0 Å². The number of nitrogens with one attached hydrogen (secondary N) is 1. The highest BCUT2D eigenvalue weighted by Crippen LogP contribution is 2.45. The average molecular weight is 265 g/mol. The van der Waals surface area contributed by atoms with Crippen LogP contribution >= 0.6 is 0 Å². The van der Waals surface area contributed by atoms with E-state index >= 15 is 0 Å². The third kappa shape index (κ3) is 5.69. The molecule has 2 unspecified atom stereocenters. The fraction of sp³-hybridized carbons (Fsp3) is 0.889. The number of hydrogen-bond acceptors (Lipinski definition) is 1. The lowest BCUT2D eigenvalue weighted by Gasteiger charge is -2.35. The third-order valence-corrected chi connectivity index (χ3v) is 4.91. The van der Waals surface area contributed by atoms with E-state index in [0.29, 0.717) is 5.41 Å². The van der Waals surface area contributed by atoms with Gasteiger partial charge >= 0.3 is 0 Å². The van der Waals surface area contributed by atoms with Crippen molar-refractivity contribution in [2.75, 3.05) is 6.54 Å². The van der Waals surface area contributed by atoms with Crippen molar-refractivity contribution in [2.24, 2.45) is 11.3 Å². The summed E-state index contributed by atoms with van der Waals surface area (Å²) in [5.74, 6) is 0.887. The van der Waals surface area contributed by atoms with Crippen molar-refractivity contribution >= 4 is 0 Å². The first-order chi connectivity index (χ1) is 9.11. The molecule has 1 aliphatic rings. The van der Waals surface area contributed by atoms with Crippen molar-refractivity contribution in [1.29, 1.82) is 0 Å². The molecular formula is C18H35N. The Morgan fingerprint density at radius 2 is 2.11 bits per heavy atom. The summed E-state index contributed by atoms with van der Waals surface area (Å²) in [4.78, 5) is 0. The zero-order valence-electron chi connectivity index (χ0n) is 13.5. The summed E-state index contributed by atoms with van der Waals surface area (Å²) in [6.45, 7) is 12.2. The molecule has 0 aliphatic heterocycles. The van der Waals surface area contributed by atoms with Gasteiger partial charge in [-0.15, -0.1) is 6.58 Å². The maximum atomic E-state index is 3.84. The molecule has 112 valence electrons. The molecule has 1 saturated carbocycles. The van der Waals surface area contributed by atoms with Crippen molar-refractivity contribution in [3.05, 3.63) is 12.7 Å². The molecule has 0 aromatic heterocycles. The Hall–Kier alpha value is -0.300. The van der Waals surface area contributed by atoms with Gasteiger partial charge in [-0.2, -0.15) is 0 Å². The fourth-order valence-corrected chi connectivity index (χ4v) is 3.70. The van der Waals surface area contributed by atoms with Gasteiger partial charge in [-0.25, -0.2) is 0 Å². The number of unbranched alkanes of at least 4 members (excludes halogenated alkanes) is 3. The predicted molar refractivity (Wildman–Crippen MR) is 86.5 cm³/mol. The van der Waals surface area contributed by atoms with Crippen molar-refractivity contribution < 1.29 is 0 Å². The Morgan fingerprint density at radius 3 is 2.68 bits per heavy atom. The van der Waals surface area contributed by atoms with Gasteiger partial charge < -0.3 is 5.32 Å². The van der Waals surface area contributed by atoms with Crippen LogP contribution in [0.4, 0.5) is 0 Å². The van der Waals surface area contributed by atoms with Crippen molar-refractivity contribution in [3.8, 4) is 0 Å². The molecule has 1 aliphatic carbocycles. The van der Waals surface area contributed by atoms with Gasteiger partial charge in [0.15, 0.2) is 0 Å². The molecule has 0 amide bonds. The molecule has 0 bridgehead atoms. The Bertz CT molecular complexity index is 244. The van der Waals surface area contributed by atoms with Crippen LogP contribution in [0.5, 0.6) is 0 Å². The minimum absolute atomic E-state index is 0.548. The average Bonchev–Trinajstić information content (AvgIpc) is 2.72. The molecule has 0 saturated heterocycles. The van der Waals surface area contributed by atoms with Crippen LogP contribution in [0, 0.1) is 11.3 Å². The summed E-state index contributed by atoms with van der Waals surface area (Å²) >= 11 is 0. The minimum Gasteiger partial charge on any atom is -0.314 e. The van der Waals surface area contributed by atoms with Gasteiger partial charge in [-0.1, -0.05) is 46.1 Å². The van der Waals surface area contributed by atoms with Gasteiger partial charge in [0, 0.05) is 6.04 Å². The lowest BCUT2D eigenvalue weighted by atomic mass is 9.76. The second-order valence-corrected chi connectivity index (χ2v) is 6.97. The molecule has 1 nitrogen and oxygen atoms in total. The predicted octanol–water partition coefficient (Wildman–Crippen LogP) is 5.32. The minimum atomic E-state index is 0.548. The first kappa shape index (κ1) is 16.8. The van der Waals surface area contributed by atoms with E-state index < -0.39 is 0 Å². The lowest BCUT2D eigenvalue weighted by molar-refractivity contribution is 0.187. The van der Waals surface area contributed by atoms with Crippen molar-refractivity contribution in [3.63, 3.8) is 0 Å². The first-order valence-electron chi connectivity index (χ1n) is 8.46. The molecule has 2 atom stereocenters. The smallest absolute Gasteiger partial charge is 0.0100 e. The molecule has 1 heteroatoms. The second-order valence-electron chi connectivity index (χ2n) is 6.97. The summed E-state index contributed by atoms with van der Waals surface area (Å²) in [6, 6.07) is 0.751. The van der Waals surface area contributed by atoms with E-state index in [1.54, 1.807) is 0 Å². The highest BCUT2D eigenvalue weighted by molar-refractivity contribution is 4.92. The Kier molecular flexibility index (Phi) is 7.75. The summed E-state index contributed by atoms with van der Waals surface area (Å²) < 4.78 is 0. The van der Waals surface area contributed by atoms with E-state index in [-0.39, 0.29) is 0 Å². The molecule has 0 aromatic rings. The third-order valence-electron chi connectivity index (χ3n) is 4.91. The van der Waals surface area contributed by atoms with Crippen LogP contribution in [0.1, 0.15) is 78.6 Å². The first-order valence-corrected chi connectivity index (χ1v) is 8.46. The second kappa shape index (κ2) is 8.79. The van der Waals surface area contributed by atoms with E-state index in [9.17, 15) is 0 Å². The molecule has 1 rings (SSSR count). The fourth-order valence-electron chi connectivity index (χ4n) is 3.70. The summed E-state index contributed by atoms with van der Waals surface area (Å²) in [6.07, 6.45) is 14.2. The van der Waals surface area contributed by atoms with Crippen molar-refractivity contribution in [1.82, 2.24) is 5.32 Å². The van der Waals surface area contributed by atoms with E-state index in [1.165, 1.54) is 64.3 Å². The number of hydrogen-bond donors (Lipinski definition) is 1. The topological polar surface area (TPSA) is 12.0 Å². The molecule has 1 fully saturated rings. The van der Waals surface area contributed by atoms with Gasteiger partial charge in [0.1, 0.15) is 0 Å². The zero-order valence-corrected chi connectivity index (χ0v) is 13.5. The van der Waals surface area contributed by atoms with Gasteiger partial charge in [-0.3, -0.25) is 0 Å².